The Morgan fingerprint density at radius 3 is 1.00 bits per heavy atom. The fourth-order valence-corrected chi connectivity index (χ4v) is 0. The van der Waals surface area contributed by atoms with Crippen molar-refractivity contribution >= 4 is 55.8 Å². The average molecular weight is 501 g/mol. The van der Waals surface area contributed by atoms with Gasteiger partial charge in [-0.3, -0.25) is 0 Å². The molecule has 0 saturated carbocycles. The van der Waals surface area contributed by atoms with Gasteiger partial charge in [0.15, 0.2) is 0 Å². The van der Waals surface area contributed by atoms with E-state index in [2.05, 4.69) is 0 Å². The predicted molar refractivity (Wildman–Crippen MR) is 11.5 cm³/mol. The van der Waals surface area contributed by atoms with Crippen LogP contribution in [0.2, 0.25) is 0 Å². The first-order valence-electron chi connectivity index (χ1n) is 0. The molecule has 0 atom stereocenters. The first kappa shape index (κ1) is 49.8. The van der Waals surface area contributed by atoms with E-state index in [4.69, 9.17) is 0 Å². The molecule has 0 bridgehead atoms. The van der Waals surface area contributed by atoms with Crippen LogP contribution in [0.5, 0.6) is 0 Å². The van der Waals surface area contributed by atoms with Crippen LogP contribution < -0.4 is 0 Å². The summed E-state index contributed by atoms with van der Waals surface area (Å²) in [7, 11) is 0. The van der Waals surface area contributed by atoms with Crippen molar-refractivity contribution in [3.63, 3.8) is 0 Å². The molecular weight excluding hydrogens is 501 g/mol. The second-order valence-corrected chi connectivity index (χ2v) is 0. The van der Waals surface area contributed by atoms with E-state index in [0.29, 0.717) is 0 Å². The van der Waals surface area contributed by atoms with Gasteiger partial charge in [0.2, 0.25) is 0 Å². The molecule has 0 rings (SSSR count). The average Bonchev–Trinajstić information content (AvgIpc) is 0. The molecule has 0 aliphatic heterocycles. The molecule has 0 spiro atoms. The maximum Gasteiger partial charge on any atom is 0 e. The Bertz CT molecular complexity index is 15.5. The number of rotatable bonds is 0. The molecule has 0 nitrogen and oxygen atoms in total. The molecule has 0 heterocycles. The van der Waals surface area contributed by atoms with Crippen molar-refractivity contribution in [3.8, 4) is 0 Å². The monoisotopic (exact) mass is 503 g/mol. The minimum Gasteiger partial charge on any atom is 0 e. The third-order valence-corrected chi connectivity index (χ3v) is 0. The Labute approximate surface area is 124 Å². The zero-order valence-corrected chi connectivity index (χ0v) is 13.5. The molecule has 0 saturated heterocycles. The van der Waals surface area contributed by atoms with Gasteiger partial charge in [0.1, 0.15) is 0 Å². The van der Waals surface area contributed by atoms with Crippen LogP contribution in [0.15, 0.2) is 0 Å². The summed E-state index contributed by atoms with van der Waals surface area (Å²) in [5.41, 5.74) is 0. The van der Waals surface area contributed by atoms with Crippen molar-refractivity contribution in [1.29, 1.82) is 0 Å². The largest absolute Gasteiger partial charge is 0 e. The maximum atomic E-state index is 0. The van der Waals surface area contributed by atoms with E-state index >= 15 is 0 Å². The van der Waals surface area contributed by atoms with E-state index in [1.807, 2.05) is 0 Å². The molecule has 0 amide bonds. The van der Waals surface area contributed by atoms with Crippen molar-refractivity contribution in [2.24, 2.45) is 0 Å². The summed E-state index contributed by atoms with van der Waals surface area (Å²) < 4.78 is 0. The van der Waals surface area contributed by atoms with Gasteiger partial charge in [0.25, 0.3) is 0 Å². The Balaban J connectivity index is 0. The minimum absolute atomic E-state index is 0. The van der Waals surface area contributed by atoms with Gasteiger partial charge in [-0.2, -0.15) is 0 Å². The first-order valence-corrected chi connectivity index (χ1v) is 0. The van der Waals surface area contributed by atoms with Crippen molar-refractivity contribution < 1.29 is 71.4 Å². The van der Waals surface area contributed by atoms with Crippen LogP contribution in [0.4, 0.5) is 0 Å². The van der Waals surface area contributed by atoms with Crippen LogP contribution in [-0.4, -0.2) is 55.8 Å². The Hall–Kier alpha value is 4.09. The van der Waals surface area contributed by atoms with Gasteiger partial charge in [0, 0.05) is 127 Å². The summed E-state index contributed by atoms with van der Waals surface area (Å²) in [6.07, 6.45) is 0. The quantitative estimate of drug-likeness (QED) is 0.383. The summed E-state index contributed by atoms with van der Waals surface area (Å²) in [4.78, 5) is 0. The zero-order chi connectivity index (χ0) is 0. The summed E-state index contributed by atoms with van der Waals surface area (Å²) in [6.45, 7) is 0. The molecule has 5 radical (unpaired) electrons. The Morgan fingerprint density at radius 2 is 1.00 bits per heavy atom. The minimum atomic E-state index is 0. The van der Waals surface area contributed by atoms with Crippen molar-refractivity contribution in [2.75, 3.05) is 0 Å². The third kappa shape index (κ3) is 24.3. The molecule has 0 unspecified atom stereocenters. The standard InChI is InChI=1S/Bi.Co.Fe.Mo.Na.Ni. The second kappa shape index (κ2) is 35.6. The smallest absolute Gasteiger partial charge is 0 e. The molecule has 0 aromatic rings. The molecule has 0 fully saturated rings. The van der Waals surface area contributed by atoms with Gasteiger partial charge in [-0.05, 0) is 0 Å². The van der Waals surface area contributed by atoms with Gasteiger partial charge in [-0.15, -0.1) is 0 Å². The molecular formula is BiCoFeMoNaNi. The summed E-state index contributed by atoms with van der Waals surface area (Å²) in [5.74, 6) is 0. The van der Waals surface area contributed by atoms with Gasteiger partial charge in [-0.1, -0.05) is 0 Å². The number of hydrogen-bond donors (Lipinski definition) is 0. The van der Waals surface area contributed by atoms with Crippen LogP contribution in [0, 0.1) is 0 Å². The molecule has 0 aliphatic rings. The fraction of sp³-hybridized carbons (Fsp3) is 0. The van der Waals surface area contributed by atoms with Crippen molar-refractivity contribution in [3.05, 3.63) is 0 Å². The summed E-state index contributed by atoms with van der Waals surface area (Å²) in [5, 5.41) is 0. The van der Waals surface area contributed by atoms with Crippen LogP contribution >= 0.6 is 0 Å². The van der Waals surface area contributed by atoms with E-state index < -0.39 is 0 Å². The molecule has 6 heavy (non-hydrogen) atoms. The van der Waals surface area contributed by atoms with E-state index in [1.54, 1.807) is 0 Å². The number of hydrogen-bond acceptors (Lipinski definition) is 0. The van der Waals surface area contributed by atoms with E-state index in [9.17, 15) is 0 Å². The fourth-order valence-electron chi connectivity index (χ4n) is 0. The molecule has 0 aliphatic carbocycles. The molecule has 0 N–H and O–H groups in total. The first-order chi connectivity index (χ1) is 0. The van der Waals surface area contributed by atoms with E-state index in [1.165, 1.54) is 0 Å². The van der Waals surface area contributed by atoms with Crippen LogP contribution in [0.3, 0.4) is 0 Å². The maximum absolute atomic E-state index is 0. The van der Waals surface area contributed by atoms with Crippen molar-refractivity contribution in [2.45, 2.75) is 0 Å². The van der Waals surface area contributed by atoms with Crippen LogP contribution in [0.1, 0.15) is 0 Å². The summed E-state index contributed by atoms with van der Waals surface area (Å²) in [6, 6.07) is 0. The second-order valence-electron chi connectivity index (χ2n) is 0. The molecule has 6 heteroatoms. The Morgan fingerprint density at radius 1 is 1.00 bits per heavy atom. The molecule has 0 aromatic carbocycles. The van der Waals surface area contributed by atoms with Crippen LogP contribution in [-0.2, 0) is 71.4 Å². The topological polar surface area (TPSA) is 0 Å². The SMILES string of the molecule is [Bi].[Co].[Fe].[Mo].[Na].[Ni]. The van der Waals surface area contributed by atoms with Crippen LogP contribution in [0.25, 0.3) is 0 Å². The van der Waals surface area contributed by atoms with E-state index in [0.717, 1.165) is 0 Å². The van der Waals surface area contributed by atoms with Crippen molar-refractivity contribution in [1.82, 2.24) is 0 Å². The van der Waals surface area contributed by atoms with E-state index in [-0.39, 0.29) is 127 Å². The van der Waals surface area contributed by atoms with Gasteiger partial charge in [0.05, 0.1) is 0 Å². The van der Waals surface area contributed by atoms with Gasteiger partial charge in [-0.25, -0.2) is 0 Å². The van der Waals surface area contributed by atoms with Gasteiger partial charge < -0.3 is 0 Å². The zero-order valence-electron chi connectivity index (χ0n) is 2.86. The predicted octanol–water partition coefficient (Wildman–Crippen LogP) is -0.772. The third-order valence-electron chi connectivity index (χ3n) is 0. The Kier molecular flexibility index (Phi) is 295. The molecule has 39 valence electrons. The summed E-state index contributed by atoms with van der Waals surface area (Å²) >= 11 is 0. The van der Waals surface area contributed by atoms with Gasteiger partial charge >= 0.3 is 0 Å². The normalized spacial score (nSPS) is 0. The molecule has 0 aromatic heterocycles.